The predicted molar refractivity (Wildman–Crippen MR) is 69.7 cm³/mol. The second kappa shape index (κ2) is 6.91. The highest BCUT2D eigenvalue weighted by Crippen LogP contribution is 2.18. The van der Waals surface area contributed by atoms with E-state index in [2.05, 4.69) is 30.4 Å². The third kappa shape index (κ3) is 3.40. The van der Waals surface area contributed by atoms with E-state index in [4.69, 9.17) is 0 Å². The van der Waals surface area contributed by atoms with Crippen LogP contribution < -0.4 is 0 Å². The summed E-state index contributed by atoms with van der Waals surface area (Å²) in [5.74, 6) is -1.10. The fourth-order valence-electron chi connectivity index (χ4n) is 1.70. The van der Waals surface area contributed by atoms with Crippen LogP contribution in [0, 0.1) is 0 Å². The number of cyclic esters (lactones) is 2. The Labute approximate surface area is 108 Å². The zero-order valence-electron chi connectivity index (χ0n) is 11.1. The van der Waals surface area contributed by atoms with Crippen molar-refractivity contribution in [2.45, 2.75) is 20.8 Å². The molecule has 4 nitrogen and oxygen atoms in total. The van der Waals surface area contributed by atoms with Gasteiger partial charge in [-0.05, 0) is 31.8 Å². The maximum atomic E-state index is 10.8. The molecule has 1 heterocycles. The van der Waals surface area contributed by atoms with Crippen LogP contribution in [0.15, 0.2) is 24.3 Å². The topological polar surface area (TPSA) is 46.6 Å². The van der Waals surface area contributed by atoms with Gasteiger partial charge in [0.2, 0.25) is 0 Å². The highest BCUT2D eigenvalue weighted by molar-refractivity contribution is 6.14. The van der Waals surface area contributed by atoms with Crippen molar-refractivity contribution in [3.63, 3.8) is 0 Å². The number of fused-ring (bicyclic) bond motifs is 1. The molecule has 0 amide bonds. The third-order valence-corrected chi connectivity index (χ3v) is 2.89. The van der Waals surface area contributed by atoms with Gasteiger partial charge in [-0.15, -0.1) is 0 Å². The van der Waals surface area contributed by atoms with Gasteiger partial charge in [-0.25, -0.2) is 9.59 Å². The van der Waals surface area contributed by atoms with Crippen LogP contribution in [0.4, 0.5) is 0 Å². The number of rotatable bonds is 3. The van der Waals surface area contributed by atoms with Crippen LogP contribution >= 0.6 is 0 Å². The van der Waals surface area contributed by atoms with E-state index in [9.17, 15) is 9.59 Å². The van der Waals surface area contributed by atoms with Crippen LogP contribution in [0.25, 0.3) is 0 Å². The fourth-order valence-corrected chi connectivity index (χ4v) is 1.70. The molecule has 1 aliphatic heterocycles. The van der Waals surface area contributed by atoms with Gasteiger partial charge in [-0.3, -0.25) is 0 Å². The summed E-state index contributed by atoms with van der Waals surface area (Å²) < 4.78 is 4.35. The number of benzene rings is 1. The zero-order chi connectivity index (χ0) is 13.5. The first kappa shape index (κ1) is 14.4. The summed E-state index contributed by atoms with van der Waals surface area (Å²) in [4.78, 5) is 24.0. The third-order valence-electron chi connectivity index (χ3n) is 2.89. The molecule has 98 valence electrons. The number of hydrogen-bond donors (Lipinski definition) is 0. The van der Waals surface area contributed by atoms with Crippen molar-refractivity contribution in [1.82, 2.24) is 4.90 Å². The molecular formula is C14H19NO3. The van der Waals surface area contributed by atoms with Crippen LogP contribution in [-0.4, -0.2) is 36.5 Å². The van der Waals surface area contributed by atoms with E-state index in [1.54, 1.807) is 24.3 Å². The van der Waals surface area contributed by atoms with E-state index < -0.39 is 11.9 Å². The van der Waals surface area contributed by atoms with Crippen LogP contribution in [-0.2, 0) is 4.74 Å². The SMILES string of the molecule is CCN(CC)CC.O=C1OC(=O)c2ccccc21. The quantitative estimate of drug-likeness (QED) is 0.609. The molecule has 0 N–H and O–H groups in total. The Hall–Kier alpha value is -1.68. The molecule has 0 atom stereocenters. The lowest BCUT2D eigenvalue weighted by molar-refractivity contribution is 0.0444. The average molecular weight is 249 g/mol. The maximum Gasteiger partial charge on any atom is 0.346 e. The van der Waals surface area contributed by atoms with Crippen molar-refractivity contribution in [3.05, 3.63) is 35.4 Å². The van der Waals surface area contributed by atoms with Gasteiger partial charge in [-0.2, -0.15) is 0 Å². The Morgan fingerprint density at radius 2 is 1.28 bits per heavy atom. The molecule has 0 aliphatic carbocycles. The lowest BCUT2D eigenvalue weighted by atomic mass is 10.1. The fraction of sp³-hybridized carbons (Fsp3) is 0.429. The highest BCUT2D eigenvalue weighted by Gasteiger charge is 2.28. The summed E-state index contributed by atoms with van der Waals surface area (Å²) in [6.07, 6.45) is 0. The molecule has 0 fully saturated rings. The first-order valence-corrected chi connectivity index (χ1v) is 6.21. The van der Waals surface area contributed by atoms with Gasteiger partial charge in [0.15, 0.2) is 0 Å². The van der Waals surface area contributed by atoms with Crippen molar-refractivity contribution < 1.29 is 14.3 Å². The van der Waals surface area contributed by atoms with Crippen LogP contribution in [0.3, 0.4) is 0 Å². The minimum absolute atomic E-state index is 0.359. The van der Waals surface area contributed by atoms with Gasteiger partial charge in [0.1, 0.15) is 0 Å². The molecule has 0 spiro atoms. The smallest absolute Gasteiger partial charge is 0.346 e. The molecule has 2 rings (SSSR count). The molecule has 0 aromatic heterocycles. The van der Waals surface area contributed by atoms with Crippen molar-refractivity contribution in [2.75, 3.05) is 19.6 Å². The van der Waals surface area contributed by atoms with Crippen LogP contribution in [0.5, 0.6) is 0 Å². The van der Waals surface area contributed by atoms with E-state index >= 15 is 0 Å². The summed E-state index contributed by atoms with van der Waals surface area (Å²) in [7, 11) is 0. The normalized spacial score (nSPS) is 12.9. The number of carbonyl (C=O) groups excluding carboxylic acids is 2. The average Bonchev–Trinajstić information content (AvgIpc) is 2.69. The van der Waals surface area contributed by atoms with Gasteiger partial charge in [0, 0.05) is 0 Å². The highest BCUT2D eigenvalue weighted by atomic mass is 16.6. The Morgan fingerprint density at radius 1 is 0.889 bits per heavy atom. The van der Waals surface area contributed by atoms with Gasteiger partial charge < -0.3 is 9.64 Å². The van der Waals surface area contributed by atoms with Gasteiger partial charge >= 0.3 is 11.9 Å². The van der Waals surface area contributed by atoms with Gasteiger partial charge in [-0.1, -0.05) is 32.9 Å². The van der Waals surface area contributed by atoms with E-state index in [0.29, 0.717) is 11.1 Å². The summed E-state index contributed by atoms with van der Waals surface area (Å²) >= 11 is 0. The maximum absolute atomic E-state index is 10.8. The molecule has 0 saturated heterocycles. The van der Waals surface area contributed by atoms with Crippen LogP contribution in [0.1, 0.15) is 41.5 Å². The summed E-state index contributed by atoms with van der Waals surface area (Å²) in [6.45, 7) is 10.1. The number of nitrogens with zero attached hydrogens (tertiary/aromatic N) is 1. The molecule has 0 saturated carbocycles. The minimum Gasteiger partial charge on any atom is -0.386 e. The molecule has 0 unspecified atom stereocenters. The molecule has 1 aliphatic rings. The molecular weight excluding hydrogens is 230 g/mol. The first-order chi connectivity index (χ1) is 8.63. The molecule has 1 aromatic carbocycles. The molecule has 0 radical (unpaired) electrons. The number of hydrogen-bond acceptors (Lipinski definition) is 4. The zero-order valence-corrected chi connectivity index (χ0v) is 11.1. The van der Waals surface area contributed by atoms with Crippen molar-refractivity contribution in [1.29, 1.82) is 0 Å². The summed E-state index contributed by atoms with van der Waals surface area (Å²) in [6, 6.07) is 6.53. The van der Waals surface area contributed by atoms with E-state index in [1.165, 1.54) is 19.6 Å². The molecule has 1 aromatic rings. The molecule has 18 heavy (non-hydrogen) atoms. The lowest BCUT2D eigenvalue weighted by Crippen LogP contribution is -2.21. The second-order valence-corrected chi connectivity index (χ2v) is 3.84. The largest absolute Gasteiger partial charge is 0.386 e. The van der Waals surface area contributed by atoms with Crippen LogP contribution in [0.2, 0.25) is 0 Å². The molecule has 0 bridgehead atoms. The minimum atomic E-state index is -0.550. The van der Waals surface area contributed by atoms with E-state index in [-0.39, 0.29) is 0 Å². The summed E-state index contributed by atoms with van der Waals surface area (Å²) in [5, 5.41) is 0. The van der Waals surface area contributed by atoms with Gasteiger partial charge in [0.25, 0.3) is 0 Å². The Bertz CT molecular complexity index is 386. The standard InChI is InChI=1S/C8H4O3.C6H15N/c9-7-5-3-1-2-4-6(5)8(10)11-7;1-4-7(5-2)6-3/h1-4H;4-6H2,1-3H3. The van der Waals surface area contributed by atoms with Gasteiger partial charge in [0.05, 0.1) is 11.1 Å². The Kier molecular flexibility index (Phi) is 5.52. The van der Waals surface area contributed by atoms with E-state index in [0.717, 1.165) is 0 Å². The lowest BCUT2D eigenvalue weighted by Gasteiger charge is -2.13. The number of ether oxygens (including phenoxy) is 1. The molecule has 4 heteroatoms. The Morgan fingerprint density at radius 3 is 1.56 bits per heavy atom. The van der Waals surface area contributed by atoms with E-state index in [1.807, 2.05) is 0 Å². The van der Waals surface area contributed by atoms with Crippen molar-refractivity contribution in [2.24, 2.45) is 0 Å². The number of esters is 2. The first-order valence-electron chi connectivity index (χ1n) is 6.21. The second-order valence-electron chi connectivity index (χ2n) is 3.84. The number of carbonyl (C=O) groups is 2. The van der Waals surface area contributed by atoms with Crippen molar-refractivity contribution in [3.8, 4) is 0 Å². The predicted octanol–water partition coefficient (Wildman–Crippen LogP) is 2.35. The Balaban J connectivity index is 0.000000203. The monoisotopic (exact) mass is 249 g/mol. The summed E-state index contributed by atoms with van der Waals surface area (Å²) in [5.41, 5.74) is 0.718. The van der Waals surface area contributed by atoms with Crippen molar-refractivity contribution >= 4 is 11.9 Å².